The zero-order valence-corrected chi connectivity index (χ0v) is 9.22. The molecular weight excluding hydrogens is 188 g/mol. The number of carbonyl (C=O) groups is 1. The maximum atomic E-state index is 11.3. The quantitative estimate of drug-likeness (QED) is 0.734. The summed E-state index contributed by atoms with van der Waals surface area (Å²) in [6.45, 7) is 12.5. The van der Waals surface area contributed by atoms with Gasteiger partial charge in [-0.1, -0.05) is 19.1 Å². The zero-order valence-electron chi connectivity index (χ0n) is 9.22. The minimum absolute atomic E-state index is 0.00300. The highest BCUT2D eigenvalue weighted by Crippen LogP contribution is 2.26. The second kappa shape index (κ2) is 4.61. The Morgan fingerprint density at radius 3 is 2.33 bits per heavy atom. The average molecular weight is 202 g/mol. The first-order valence-electron chi connectivity index (χ1n) is 4.87. The van der Waals surface area contributed by atoms with Crippen LogP contribution < -0.4 is 5.32 Å². The molecule has 0 aromatic heterocycles. The number of benzene rings is 1. The topological polar surface area (TPSA) is 33.5 Å². The number of amides is 1. The van der Waals surface area contributed by atoms with Gasteiger partial charge in [0.25, 0.3) is 0 Å². The first-order valence-corrected chi connectivity index (χ1v) is 4.87. The number of anilines is 1. The first kappa shape index (κ1) is 11.3. The molecule has 15 heavy (non-hydrogen) atoms. The van der Waals surface area contributed by atoms with Crippen LogP contribution in [0.25, 0.3) is 4.85 Å². The van der Waals surface area contributed by atoms with Crippen molar-refractivity contribution in [1.29, 1.82) is 0 Å². The minimum atomic E-state index is -0.00300. The van der Waals surface area contributed by atoms with E-state index in [2.05, 4.69) is 10.2 Å². The van der Waals surface area contributed by atoms with Crippen LogP contribution in [-0.4, -0.2) is 5.91 Å². The number of hydrogen-bond acceptors (Lipinski definition) is 1. The van der Waals surface area contributed by atoms with E-state index in [4.69, 9.17) is 6.57 Å². The Hall–Kier alpha value is -1.82. The summed E-state index contributed by atoms with van der Waals surface area (Å²) in [6.07, 6.45) is 0.462. The maximum absolute atomic E-state index is 11.3. The predicted octanol–water partition coefficient (Wildman–Crippen LogP) is 3.20. The third kappa shape index (κ3) is 2.57. The fourth-order valence-corrected chi connectivity index (χ4v) is 1.43. The molecule has 78 valence electrons. The van der Waals surface area contributed by atoms with Crippen molar-refractivity contribution in [2.75, 3.05) is 5.32 Å². The number of nitrogens with zero attached hydrogens (tertiary/aromatic N) is 1. The Labute approximate surface area is 89.9 Å². The lowest BCUT2D eigenvalue weighted by atomic mass is 10.1. The second-order valence-electron chi connectivity index (χ2n) is 3.47. The van der Waals surface area contributed by atoms with Gasteiger partial charge in [0.05, 0.1) is 6.57 Å². The van der Waals surface area contributed by atoms with E-state index in [1.54, 1.807) is 12.1 Å². The molecule has 3 heteroatoms. The largest absolute Gasteiger partial charge is 0.326 e. The van der Waals surface area contributed by atoms with Crippen LogP contribution in [0.2, 0.25) is 0 Å². The third-order valence-corrected chi connectivity index (χ3v) is 2.23. The van der Waals surface area contributed by atoms with Crippen molar-refractivity contribution in [2.24, 2.45) is 0 Å². The van der Waals surface area contributed by atoms with Crippen molar-refractivity contribution in [1.82, 2.24) is 0 Å². The SMILES string of the molecule is [C-]#[N+]c1cc(C)c(NC(=O)CC)c(C)c1. The van der Waals surface area contributed by atoms with E-state index in [0.29, 0.717) is 12.1 Å². The summed E-state index contributed by atoms with van der Waals surface area (Å²) in [6, 6.07) is 3.57. The van der Waals surface area contributed by atoms with E-state index in [9.17, 15) is 4.79 Å². The average Bonchev–Trinajstić information content (AvgIpc) is 2.22. The molecule has 0 saturated heterocycles. The first-order chi connectivity index (χ1) is 7.08. The van der Waals surface area contributed by atoms with Gasteiger partial charge in [-0.25, -0.2) is 4.85 Å². The van der Waals surface area contributed by atoms with Crippen LogP contribution in [0.5, 0.6) is 0 Å². The van der Waals surface area contributed by atoms with Gasteiger partial charge >= 0.3 is 0 Å². The summed E-state index contributed by atoms with van der Waals surface area (Å²) in [7, 11) is 0. The molecule has 0 heterocycles. The second-order valence-corrected chi connectivity index (χ2v) is 3.47. The molecule has 0 saturated carbocycles. The molecule has 1 N–H and O–H groups in total. The molecule has 1 amide bonds. The van der Waals surface area contributed by atoms with Crippen molar-refractivity contribution in [3.05, 3.63) is 34.7 Å². The number of carbonyl (C=O) groups excluding carboxylic acids is 1. The maximum Gasteiger partial charge on any atom is 0.224 e. The summed E-state index contributed by atoms with van der Waals surface area (Å²) in [5.74, 6) is -0.00300. The number of hydrogen-bond donors (Lipinski definition) is 1. The van der Waals surface area contributed by atoms with E-state index in [0.717, 1.165) is 16.8 Å². The van der Waals surface area contributed by atoms with E-state index in [1.165, 1.54) is 0 Å². The summed E-state index contributed by atoms with van der Waals surface area (Å²) in [5.41, 5.74) is 3.30. The molecule has 0 radical (unpaired) electrons. The van der Waals surface area contributed by atoms with E-state index in [-0.39, 0.29) is 5.91 Å². The van der Waals surface area contributed by atoms with Gasteiger partial charge in [0, 0.05) is 12.1 Å². The standard InChI is InChI=1S/C12H14N2O/c1-5-11(15)14-12-8(2)6-10(13-4)7-9(12)3/h6-7H,5H2,1-3H3,(H,14,15). The van der Waals surface area contributed by atoms with Crippen LogP contribution in [0.15, 0.2) is 12.1 Å². The van der Waals surface area contributed by atoms with Gasteiger partial charge in [-0.2, -0.15) is 0 Å². The van der Waals surface area contributed by atoms with E-state index in [1.807, 2.05) is 20.8 Å². The number of aryl methyl sites for hydroxylation is 2. The van der Waals surface area contributed by atoms with Crippen LogP contribution in [0.1, 0.15) is 24.5 Å². The highest BCUT2D eigenvalue weighted by atomic mass is 16.1. The Balaban J connectivity index is 3.10. The lowest BCUT2D eigenvalue weighted by Gasteiger charge is -2.11. The smallest absolute Gasteiger partial charge is 0.224 e. The van der Waals surface area contributed by atoms with Gasteiger partial charge in [0.2, 0.25) is 5.91 Å². The predicted molar refractivity (Wildman–Crippen MR) is 61.1 cm³/mol. The van der Waals surface area contributed by atoms with Crippen LogP contribution >= 0.6 is 0 Å². The Kier molecular flexibility index (Phi) is 3.46. The molecule has 0 aliphatic heterocycles. The van der Waals surface area contributed by atoms with E-state index >= 15 is 0 Å². The highest BCUT2D eigenvalue weighted by Gasteiger charge is 2.07. The van der Waals surface area contributed by atoms with Crippen LogP contribution in [0, 0.1) is 20.4 Å². The van der Waals surface area contributed by atoms with Gasteiger partial charge in [-0.3, -0.25) is 4.79 Å². The van der Waals surface area contributed by atoms with Crippen molar-refractivity contribution >= 4 is 17.3 Å². The monoisotopic (exact) mass is 202 g/mol. The van der Waals surface area contributed by atoms with Crippen molar-refractivity contribution < 1.29 is 4.79 Å². The van der Waals surface area contributed by atoms with Gasteiger partial charge in [0.15, 0.2) is 5.69 Å². The van der Waals surface area contributed by atoms with Crippen LogP contribution in [0.4, 0.5) is 11.4 Å². The van der Waals surface area contributed by atoms with Crippen molar-refractivity contribution in [3.8, 4) is 0 Å². The Morgan fingerprint density at radius 1 is 1.40 bits per heavy atom. The molecule has 0 bridgehead atoms. The minimum Gasteiger partial charge on any atom is -0.326 e. The Morgan fingerprint density at radius 2 is 1.93 bits per heavy atom. The van der Waals surface area contributed by atoms with Crippen LogP contribution in [0.3, 0.4) is 0 Å². The molecule has 1 aromatic rings. The fraction of sp³-hybridized carbons (Fsp3) is 0.333. The number of nitrogens with one attached hydrogen (secondary N) is 1. The molecule has 0 aliphatic carbocycles. The molecule has 0 fully saturated rings. The zero-order chi connectivity index (χ0) is 11.4. The lowest BCUT2D eigenvalue weighted by molar-refractivity contribution is -0.115. The molecule has 1 rings (SSSR count). The molecule has 0 unspecified atom stereocenters. The molecule has 1 aromatic carbocycles. The summed E-state index contributed by atoms with van der Waals surface area (Å²) in [5, 5.41) is 2.84. The highest BCUT2D eigenvalue weighted by molar-refractivity contribution is 5.92. The lowest BCUT2D eigenvalue weighted by Crippen LogP contribution is -2.11. The molecule has 0 aliphatic rings. The fourth-order valence-electron chi connectivity index (χ4n) is 1.43. The Bertz CT molecular complexity index is 407. The summed E-state index contributed by atoms with van der Waals surface area (Å²) >= 11 is 0. The third-order valence-electron chi connectivity index (χ3n) is 2.23. The van der Waals surface area contributed by atoms with Crippen LogP contribution in [-0.2, 0) is 4.79 Å². The molecular formula is C12H14N2O. The normalized spacial score (nSPS) is 9.47. The molecule has 3 nitrogen and oxygen atoms in total. The summed E-state index contributed by atoms with van der Waals surface area (Å²) in [4.78, 5) is 14.6. The van der Waals surface area contributed by atoms with E-state index < -0.39 is 0 Å². The number of rotatable bonds is 2. The van der Waals surface area contributed by atoms with Gasteiger partial charge in [-0.05, 0) is 25.0 Å². The summed E-state index contributed by atoms with van der Waals surface area (Å²) < 4.78 is 0. The van der Waals surface area contributed by atoms with Crippen molar-refractivity contribution in [2.45, 2.75) is 27.2 Å². The van der Waals surface area contributed by atoms with Gasteiger partial charge < -0.3 is 5.32 Å². The van der Waals surface area contributed by atoms with Gasteiger partial charge in [0.1, 0.15) is 0 Å². The van der Waals surface area contributed by atoms with Gasteiger partial charge in [-0.15, -0.1) is 0 Å². The molecule has 0 spiro atoms. The van der Waals surface area contributed by atoms with Crippen molar-refractivity contribution in [3.63, 3.8) is 0 Å². The molecule has 0 atom stereocenters.